The van der Waals surface area contributed by atoms with Crippen molar-refractivity contribution in [1.82, 2.24) is 0 Å². The van der Waals surface area contributed by atoms with Crippen molar-refractivity contribution in [2.24, 2.45) is 0 Å². The fourth-order valence-corrected chi connectivity index (χ4v) is 3.63. The van der Waals surface area contributed by atoms with Crippen molar-refractivity contribution in [3.05, 3.63) is 58.6 Å². The molecule has 2 rings (SSSR count). The maximum absolute atomic E-state index is 12.6. The highest BCUT2D eigenvalue weighted by Gasteiger charge is 2.23. The van der Waals surface area contributed by atoms with Crippen LogP contribution in [0.3, 0.4) is 0 Å². The van der Waals surface area contributed by atoms with Gasteiger partial charge in [-0.25, -0.2) is 8.42 Å². The Balaban J connectivity index is 2.49. The summed E-state index contributed by atoms with van der Waals surface area (Å²) in [5, 5.41) is 0.717. The Morgan fingerprint density at radius 3 is 2.20 bits per heavy atom. The van der Waals surface area contributed by atoms with E-state index in [4.69, 9.17) is 23.2 Å². The minimum Gasteiger partial charge on any atom is -0.267 e. The largest absolute Gasteiger partial charge is 0.267 e. The second-order valence-corrected chi connectivity index (χ2v) is 6.76. The van der Waals surface area contributed by atoms with Crippen LogP contribution in [0.15, 0.2) is 53.4 Å². The Labute approximate surface area is 128 Å². The number of nitrogens with zero attached hydrogens (tertiary/aromatic N) is 1. The van der Waals surface area contributed by atoms with Crippen molar-refractivity contribution in [2.75, 3.05) is 10.8 Å². The fourth-order valence-electron chi connectivity index (χ4n) is 1.85. The Morgan fingerprint density at radius 1 is 1.00 bits per heavy atom. The molecule has 0 saturated heterocycles. The van der Waals surface area contributed by atoms with Crippen LogP contribution >= 0.6 is 23.2 Å². The lowest BCUT2D eigenvalue weighted by Crippen LogP contribution is -2.30. The number of hydrogen-bond acceptors (Lipinski definition) is 2. The first-order valence-electron chi connectivity index (χ1n) is 5.99. The number of anilines is 1. The predicted molar refractivity (Wildman–Crippen MR) is 83.1 cm³/mol. The molecule has 0 bridgehead atoms. The van der Waals surface area contributed by atoms with Crippen LogP contribution in [-0.2, 0) is 10.0 Å². The zero-order valence-electron chi connectivity index (χ0n) is 10.8. The zero-order valence-corrected chi connectivity index (χ0v) is 13.1. The molecular weight excluding hydrogens is 317 g/mol. The molecule has 0 saturated carbocycles. The molecule has 0 aliphatic rings. The normalized spacial score (nSPS) is 11.3. The maximum atomic E-state index is 12.6. The average Bonchev–Trinajstić information content (AvgIpc) is 2.44. The van der Waals surface area contributed by atoms with Crippen molar-refractivity contribution in [3.63, 3.8) is 0 Å². The molecular formula is C14H13Cl2NO2S. The second-order valence-electron chi connectivity index (χ2n) is 4.08. The first-order valence-corrected chi connectivity index (χ1v) is 8.19. The van der Waals surface area contributed by atoms with Crippen LogP contribution in [0.2, 0.25) is 10.0 Å². The van der Waals surface area contributed by atoms with E-state index in [0.717, 1.165) is 0 Å². The van der Waals surface area contributed by atoms with Crippen LogP contribution in [0.25, 0.3) is 0 Å². The van der Waals surface area contributed by atoms with Crippen molar-refractivity contribution in [3.8, 4) is 0 Å². The first-order chi connectivity index (χ1) is 9.46. The smallest absolute Gasteiger partial charge is 0.264 e. The summed E-state index contributed by atoms with van der Waals surface area (Å²) in [7, 11) is -3.60. The SMILES string of the molecule is CCN(c1ccc(Cl)c(Cl)c1)S(=O)(=O)c1ccccc1. The molecule has 106 valence electrons. The lowest BCUT2D eigenvalue weighted by molar-refractivity contribution is 0.592. The number of sulfonamides is 1. The van der Waals surface area contributed by atoms with E-state index in [2.05, 4.69) is 0 Å². The van der Waals surface area contributed by atoms with Crippen molar-refractivity contribution in [1.29, 1.82) is 0 Å². The van der Waals surface area contributed by atoms with Gasteiger partial charge >= 0.3 is 0 Å². The number of hydrogen-bond donors (Lipinski definition) is 0. The minimum atomic E-state index is -3.60. The third-order valence-electron chi connectivity index (χ3n) is 2.81. The standard InChI is InChI=1S/C14H13Cl2NO2S/c1-2-17(11-8-9-13(15)14(16)10-11)20(18,19)12-6-4-3-5-7-12/h3-10H,2H2,1H3. The molecule has 0 aromatic heterocycles. The summed E-state index contributed by atoms with van der Waals surface area (Å²) >= 11 is 11.8. The van der Waals surface area contributed by atoms with E-state index in [9.17, 15) is 8.42 Å². The molecule has 2 aromatic rings. The molecule has 0 heterocycles. The molecule has 20 heavy (non-hydrogen) atoms. The van der Waals surface area contributed by atoms with Crippen LogP contribution in [0.5, 0.6) is 0 Å². The maximum Gasteiger partial charge on any atom is 0.264 e. The van der Waals surface area contributed by atoms with E-state index in [-0.39, 0.29) is 4.90 Å². The van der Waals surface area contributed by atoms with Gasteiger partial charge in [-0.05, 0) is 37.3 Å². The summed E-state index contributed by atoms with van der Waals surface area (Å²) in [6, 6.07) is 13.1. The van der Waals surface area contributed by atoms with E-state index in [1.54, 1.807) is 55.5 Å². The van der Waals surface area contributed by atoms with Crippen LogP contribution in [0.1, 0.15) is 6.92 Å². The first kappa shape index (κ1) is 15.2. The quantitative estimate of drug-likeness (QED) is 0.842. The average molecular weight is 330 g/mol. The van der Waals surface area contributed by atoms with Crippen LogP contribution in [0.4, 0.5) is 5.69 Å². The molecule has 0 N–H and O–H groups in total. The zero-order chi connectivity index (χ0) is 14.8. The predicted octanol–water partition coefficient (Wildman–Crippen LogP) is 4.21. The van der Waals surface area contributed by atoms with Gasteiger partial charge in [0.15, 0.2) is 0 Å². The summed E-state index contributed by atoms with van der Waals surface area (Å²) < 4.78 is 26.5. The third-order valence-corrected chi connectivity index (χ3v) is 5.47. The highest BCUT2D eigenvalue weighted by atomic mass is 35.5. The summed E-state index contributed by atoms with van der Waals surface area (Å²) in [6.45, 7) is 2.07. The third kappa shape index (κ3) is 2.92. The highest BCUT2D eigenvalue weighted by molar-refractivity contribution is 7.92. The van der Waals surface area contributed by atoms with Crippen LogP contribution in [0, 0.1) is 0 Å². The van der Waals surface area contributed by atoms with E-state index in [0.29, 0.717) is 22.3 Å². The van der Waals surface area contributed by atoms with Gasteiger partial charge in [-0.2, -0.15) is 0 Å². The molecule has 0 aliphatic carbocycles. The summed E-state index contributed by atoms with van der Waals surface area (Å²) in [5.74, 6) is 0. The van der Waals surface area contributed by atoms with Gasteiger partial charge in [-0.1, -0.05) is 41.4 Å². The van der Waals surface area contributed by atoms with Crippen molar-refractivity contribution >= 4 is 38.9 Å². The van der Waals surface area contributed by atoms with Crippen LogP contribution < -0.4 is 4.31 Å². The van der Waals surface area contributed by atoms with E-state index in [1.807, 2.05) is 0 Å². The lowest BCUT2D eigenvalue weighted by Gasteiger charge is -2.23. The fraction of sp³-hybridized carbons (Fsp3) is 0.143. The van der Waals surface area contributed by atoms with Crippen molar-refractivity contribution < 1.29 is 8.42 Å². The molecule has 0 amide bonds. The number of benzene rings is 2. The molecule has 0 aliphatic heterocycles. The molecule has 6 heteroatoms. The Hall–Kier alpha value is -1.23. The van der Waals surface area contributed by atoms with Gasteiger partial charge in [0.05, 0.1) is 20.6 Å². The van der Waals surface area contributed by atoms with Gasteiger partial charge in [0.25, 0.3) is 10.0 Å². The highest BCUT2D eigenvalue weighted by Crippen LogP contribution is 2.30. The molecule has 0 radical (unpaired) electrons. The Bertz CT molecular complexity index is 702. The summed E-state index contributed by atoms with van der Waals surface area (Å²) in [5.41, 5.74) is 0.491. The van der Waals surface area contributed by atoms with Gasteiger partial charge in [-0.15, -0.1) is 0 Å². The molecule has 0 atom stereocenters. The Morgan fingerprint density at radius 2 is 1.65 bits per heavy atom. The summed E-state index contributed by atoms with van der Waals surface area (Å²) in [4.78, 5) is 0.243. The monoisotopic (exact) mass is 329 g/mol. The van der Waals surface area contributed by atoms with Gasteiger partial charge in [0.1, 0.15) is 0 Å². The number of rotatable bonds is 4. The number of halogens is 2. The molecule has 0 spiro atoms. The lowest BCUT2D eigenvalue weighted by atomic mass is 10.3. The minimum absolute atomic E-state index is 0.243. The second kappa shape index (κ2) is 6.04. The topological polar surface area (TPSA) is 37.4 Å². The van der Waals surface area contributed by atoms with E-state index >= 15 is 0 Å². The van der Waals surface area contributed by atoms with E-state index in [1.165, 1.54) is 4.31 Å². The van der Waals surface area contributed by atoms with Gasteiger partial charge in [0, 0.05) is 6.54 Å². The molecule has 2 aromatic carbocycles. The van der Waals surface area contributed by atoms with Gasteiger partial charge in [-0.3, -0.25) is 4.31 Å². The molecule has 0 fully saturated rings. The Kier molecular flexibility index (Phi) is 4.58. The van der Waals surface area contributed by atoms with Gasteiger partial charge < -0.3 is 0 Å². The van der Waals surface area contributed by atoms with E-state index < -0.39 is 10.0 Å². The summed E-state index contributed by atoms with van der Waals surface area (Å²) in [6.07, 6.45) is 0. The van der Waals surface area contributed by atoms with Gasteiger partial charge in [0.2, 0.25) is 0 Å². The van der Waals surface area contributed by atoms with Crippen LogP contribution in [-0.4, -0.2) is 15.0 Å². The van der Waals surface area contributed by atoms with Crippen molar-refractivity contribution in [2.45, 2.75) is 11.8 Å². The molecule has 3 nitrogen and oxygen atoms in total. The molecule has 0 unspecified atom stereocenters.